The van der Waals surface area contributed by atoms with Crippen LogP contribution in [-0.2, 0) is 19.1 Å². The number of amides is 1. The maximum Gasteiger partial charge on any atom is 0.330 e. The number of azo groups is 1. The smallest absolute Gasteiger partial charge is 0.330 e. The van der Waals surface area contributed by atoms with Gasteiger partial charge in [-0.25, -0.2) is 4.79 Å². The fourth-order valence-electron chi connectivity index (χ4n) is 2.88. The summed E-state index contributed by atoms with van der Waals surface area (Å²) in [6.07, 6.45) is 1.23. The van der Waals surface area contributed by atoms with Crippen molar-refractivity contribution in [1.29, 1.82) is 5.26 Å². The fourth-order valence-corrected chi connectivity index (χ4v) is 3.55. The molecule has 1 amide bonds. The number of carbonyl (C=O) groups is 2. The summed E-state index contributed by atoms with van der Waals surface area (Å²) in [7, 11) is 0. The molecule has 1 aromatic heterocycles. The molecule has 1 heterocycles. The van der Waals surface area contributed by atoms with E-state index in [1.54, 1.807) is 39.0 Å². The summed E-state index contributed by atoms with van der Waals surface area (Å²) in [6.45, 7) is 13.0. The molecule has 2 rings (SSSR count). The van der Waals surface area contributed by atoms with E-state index in [2.05, 4.69) is 39.1 Å². The minimum Gasteiger partial charge on any atom is -0.461 e. The van der Waals surface area contributed by atoms with Crippen molar-refractivity contribution in [2.24, 2.45) is 16.1 Å². The van der Waals surface area contributed by atoms with Gasteiger partial charge in [-0.3, -0.25) is 4.79 Å². The standard InChI is InChI=1S/C25H30N6O5S/c1-6-22(32)35-12-10-31(11-13-36-23(33)7-2)18-8-9-20(21(14-18)27-24(34)16(3)4)28-29-25-19(15-26)17(5)30-37-25/h6-9,14,16,22,32H,1-2,10-13H2,3-5H3,(H,27,34)/b29-28+. The first-order valence-electron chi connectivity index (χ1n) is 11.4. The Hall–Kier alpha value is -3.92. The van der Waals surface area contributed by atoms with E-state index in [-0.39, 0.29) is 25.0 Å². The van der Waals surface area contributed by atoms with Crippen molar-refractivity contribution in [2.75, 3.05) is 36.5 Å². The number of aliphatic hydroxyl groups excluding tert-OH is 1. The highest BCUT2D eigenvalue weighted by Gasteiger charge is 2.16. The predicted molar refractivity (Wildman–Crippen MR) is 141 cm³/mol. The molecule has 0 spiro atoms. The third-order valence-corrected chi connectivity index (χ3v) is 5.78. The van der Waals surface area contributed by atoms with Gasteiger partial charge in [-0.1, -0.05) is 27.0 Å². The Morgan fingerprint density at radius 3 is 2.68 bits per heavy atom. The first-order chi connectivity index (χ1) is 17.7. The van der Waals surface area contributed by atoms with Crippen LogP contribution in [0.15, 0.2) is 53.7 Å². The van der Waals surface area contributed by atoms with Gasteiger partial charge >= 0.3 is 5.97 Å². The first-order valence-corrected chi connectivity index (χ1v) is 12.2. The fraction of sp³-hybridized carbons (Fsp3) is 0.360. The van der Waals surface area contributed by atoms with Gasteiger partial charge in [0, 0.05) is 24.2 Å². The van der Waals surface area contributed by atoms with E-state index in [1.807, 2.05) is 4.90 Å². The molecule has 0 fully saturated rings. The molecular weight excluding hydrogens is 496 g/mol. The van der Waals surface area contributed by atoms with Crippen LogP contribution in [0.25, 0.3) is 0 Å². The number of aromatic nitrogens is 1. The second kappa shape index (κ2) is 14.6. The highest BCUT2D eigenvalue weighted by molar-refractivity contribution is 7.10. The van der Waals surface area contributed by atoms with Gasteiger partial charge in [-0.05, 0) is 42.7 Å². The zero-order valence-corrected chi connectivity index (χ0v) is 21.8. The number of anilines is 2. The average Bonchev–Trinajstić information content (AvgIpc) is 3.25. The van der Waals surface area contributed by atoms with E-state index in [9.17, 15) is 20.0 Å². The molecule has 12 heteroatoms. The zero-order valence-electron chi connectivity index (χ0n) is 21.0. The van der Waals surface area contributed by atoms with Crippen molar-refractivity contribution in [3.63, 3.8) is 0 Å². The van der Waals surface area contributed by atoms with Crippen LogP contribution in [0.4, 0.5) is 22.1 Å². The van der Waals surface area contributed by atoms with E-state index in [0.717, 1.165) is 17.6 Å². The van der Waals surface area contributed by atoms with Crippen molar-refractivity contribution in [1.82, 2.24) is 4.37 Å². The second-order valence-electron chi connectivity index (χ2n) is 7.96. The van der Waals surface area contributed by atoms with E-state index in [4.69, 9.17) is 9.47 Å². The van der Waals surface area contributed by atoms with Crippen molar-refractivity contribution >= 4 is 45.5 Å². The summed E-state index contributed by atoms with van der Waals surface area (Å²) in [4.78, 5) is 25.8. The number of esters is 1. The predicted octanol–water partition coefficient (Wildman–Crippen LogP) is 4.39. The third kappa shape index (κ3) is 8.91. The lowest BCUT2D eigenvalue weighted by atomic mass is 10.1. The number of hydrogen-bond donors (Lipinski definition) is 2. The molecule has 37 heavy (non-hydrogen) atoms. The highest BCUT2D eigenvalue weighted by Crippen LogP contribution is 2.34. The molecule has 2 aromatic rings. The van der Waals surface area contributed by atoms with Gasteiger partial charge in [0.2, 0.25) is 5.91 Å². The summed E-state index contributed by atoms with van der Waals surface area (Å²) in [5, 5.41) is 30.6. The van der Waals surface area contributed by atoms with E-state index in [0.29, 0.717) is 46.4 Å². The van der Waals surface area contributed by atoms with Gasteiger partial charge in [0.15, 0.2) is 11.3 Å². The quantitative estimate of drug-likeness (QED) is 0.121. The lowest BCUT2D eigenvalue weighted by molar-refractivity contribution is -0.137. The molecule has 2 N–H and O–H groups in total. The van der Waals surface area contributed by atoms with Crippen LogP contribution in [-0.4, -0.2) is 53.9 Å². The van der Waals surface area contributed by atoms with Crippen LogP contribution in [0.3, 0.4) is 0 Å². The number of benzene rings is 1. The largest absolute Gasteiger partial charge is 0.461 e. The van der Waals surface area contributed by atoms with Crippen LogP contribution in [0, 0.1) is 24.2 Å². The third-order valence-electron chi connectivity index (χ3n) is 4.96. The number of aryl methyl sites for hydroxylation is 1. The molecule has 0 radical (unpaired) electrons. The Labute approximate surface area is 219 Å². The van der Waals surface area contributed by atoms with Crippen molar-refractivity contribution in [3.8, 4) is 6.07 Å². The summed E-state index contributed by atoms with van der Waals surface area (Å²) in [5.41, 5.74) is 2.38. The Morgan fingerprint density at radius 1 is 1.30 bits per heavy atom. The van der Waals surface area contributed by atoms with Gasteiger partial charge in [0.25, 0.3) is 0 Å². The molecule has 1 unspecified atom stereocenters. The zero-order chi connectivity index (χ0) is 27.4. The molecule has 196 valence electrons. The number of nitriles is 1. The number of ether oxygens (including phenoxy) is 2. The molecular formula is C25H30N6O5S. The van der Waals surface area contributed by atoms with Crippen LogP contribution in [0.5, 0.6) is 0 Å². The van der Waals surface area contributed by atoms with Gasteiger partial charge in [-0.15, -0.1) is 10.2 Å². The topological polar surface area (TPSA) is 150 Å². The molecule has 0 aliphatic carbocycles. The van der Waals surface area contributed by atoms with Gasteiger partial charge in [0.05, 0.1) is 24.5 Å². The van der Waals surface area contributed by atoms with Crippen molar-refractivity contribution in [2.45, 2.75) is 27.1 Å². The molecule has 0 saturated carbocycles. The molecule has 0 saturated heterocycles. The summed E-state index contributed by atoms with van der Waals surface area (Å²) in [5.74, 6) is -1.05. The Balaban J connectivity index is 2.38. The summed E-state index contributed by atoms with van der Waals surface area (Å²) in [6, 6.07) is 7.23. The summed E-state index contributed by atoms with van der Waals surface area (Å²) < 4.78 is 14.5. The van der Waals surface area contributed by atoms with Gasteiger partial charge in [-0.2, -0.15) is 9.64 Å². The number of aliphatic hydroxyl groups is 1. The summed E-state index contributed by atoms with van der Waals surface area (Å²) >= 11 is 1.06. The van der Waals surface area contributed by atoms with Crippen LogP contribution >= 0.6 is 11.5 Å². The Kier molecular flexibility index (Phi) is 11.6. The minimum absolute atomic E-state index is 0.0751. The van der Waals surface area contributed by atoms with Crippen molar-refractivity contribution < 1.29 is 24.2 Å². The molecule has 11 nitrogen and oxygen atoms in total. The van der Waals surface area contributed by atoms with Crippen LogP contribution in [0.2, 0.25) is 0 Å². The van der Waals surface area contributed by atoms with Crippen LogP contribution < -0.4 is 10.2 Å². The van der Waals surface area contributed by atoms with Gasteiger partial charge in [0.1, 0.15) is 23.9 Å². The Bertz CT molecular complexity index is 1190. The SMILES string of the molecule is C=CC(=O)OCCN(CCOC(O)C=C)c1ccc(/N=N/c2snc(C)c2C#N)c(NC(=O)C(C)C)c1. The normalized spacial score (nSPS) is 11.7. The molecule has 0 aliphatic heterocycles. The molecule has 1 atom stereocenters. The Morgan fingerprint density at radius 2 is 2.03 bits per heavy atom. The molecule has 1 aromatic carbocycles. The average molecular weight is 527 g/mol. The number of nitrogens with zero attached hydrogens (tertiary/aromatic N) is 5. The monoisotopic (exact) mass is 526 g/mol. The second-order valence-corrected chi connectivity index (χ2v) is 8.71. The lowest BCUT2D eigenvalue weighted by Crippen LogP contribution is -2.32. The van der Waals surface area contributed by atoms with E-state index < -0.39 is 12.3 Å². The maximum absolute atomic E-state index is 12.5. The number of nitrogens with one attached hydrogen (secondary N) is 1. The first kappa shape index (κ1) is 29.3. The van der Waals surface area contributed by atoms with Gasteiger partial charge < -0.3 is 24.8 Å². The van der Waals surface area contributed by atoms with Crippen molar-refractivity contribution in [3.05, 3.63) is 54.8 Å². The minimum atomic E-state index is -1.11. The maximum atomic E-state index is 12.5. The number of rotatable bonds is 14. The number of hydrogen-bond acceptors (Lipinski definition) is 11. The molecule has 0 aliphatic rings. The number of carbonyl (C=O) groups excluding carboxylic acids is 2. The lowest BCUT2D eigenvalue weighted by Gasteiger charge is -2.26. The van der Waals surface area contributed by atoms with E-state index >= 15 is 0 Å². The van der Waals surface area contributed by atoms with Crippen LogP contribution in [0.1, 0.15) is 25.1 Å². The molecule has 0 bridgehead atoms. The van der Waals surface area contributed by atoms with E-state index in [1.165, 1.54) is 6.08 Å². The highest BCUT2D eigenvalue weighted by atomic mass is 32.1.